The number of phenols is 1. The molecule has 214 valence electrons. The highest BCUT2D eigenvalue weighted by Gasteiger charge is 2.20. The van der Waals surface area contributed by atoms with Crippen LogP contribution in [0.2, 0.25) is 0 Å². The Morgan fingerprint density at radius 1 is 0.690 bits per heavy atom. The molecule has 0 fully saturated rings. The van der Waals surface area contributed by atoms with E-state index in [1.807, 2.05) is 42.6 Å². The Bertz CT molecular complexity index is 1670. The maximum Gasteiger partial charge on any atom is 0.124 e. The zero-order valence-electron chi connectivity index (χ0n) is 25.6. The first-order valence-electron chi connectivity index (χ1n) is 14.7. The molecule has 2 aromatic heterocycles. The Labute approximate surface area is 255 Å². The van der Waals surface area contributed by atoms with Crippen molar-refractivity contribution in [3.63, 3.8) is 0 Å². The summed E-state index contributed by atoms with van der Waals surface area (Å²) in [4.78, 5) is 10.9. The van der Waals surface area contributed by atoms with E-state index in [2.05, 4.69) is 102 Å². The zero-order chi connectivity index (χ0) is 30.0. The second-order valence-corrected chi connectivity index (χ2v) is 13.7. The minimum absolute atomic E-state index is 0.0412. The smallest absolute Gasteiger partial charge is 0.124 e. The van der Waals surface area contributed by atoms with Crippen LogP contribution in [-0.2, 0) is 5.41 Å². The molecule has 3 nitrogen and oxygen atoms in total. The third-order valence-corrected chi connectivity index (χ3v) is 8.53. The van der Waals surface area contributed by atoms with Gasteiger partial charge in [0, 0.05) is 27.8 Å². The van der Waals surface area contributed by atoms with E-state index in [4.69, 9.17) is 4.98 Å². The fourth-order valence-electron chi connectivity index (χ4n) is 5.00. The van der Waals surface area contributed by atoms with Gasteiger partial charge in [0.25, 0.3) is 0 Å². The molecular weight excluding hydrogens is 532 g/mol. The molecule has 0 saturated carbocycles. The van der Waals surface area contributed by atoms with Crippen molar-refractivity contribution in [3.8, 4) is 39.4 Å². The van der Waals surface area contributed by atoms with Crippen molar-refractivity contribution in [2.75, 3.05) is 0 Å². The van der Waals surface area contributed by atoms with Crippen molar-refractivity contribution < 1.29 is 5.11 Å². The van der Waals surface area contributed by atoms with Crippen LogP contribution in [0.5, 0.6) is 5.75 Å². The molecule has 5 aromatic rings. The van der Waals surface area contributed by atoms with Gasteiger partial charge < -0.3 is 5.11 Å². The van der Waals surface area contributed by atoms with Gasteiger partial charge in [-0.05, 0) is 88.0 Å². The lowest BCUT2D eigenvalue weighted by Crippen LogP contribution is -2.11. The van der Waals surface area contributed by atoms with Crippen LogP contribution in [0.25, 0.3) is 33.6 Å². The van der Waals surface area contributed by atoms with Gasteiger partial charge in [0.05, 0.1) is 11.4 Å². The Hall–Kier alpha value is -3.89. The molecule has 0 aliphatic carbocycles. The third kappa shape index (κ3) is 6.60. The summed E-state index contributed by atoms with van der Waals surface area (Å²) in [5.74, 6) is 1.03. The maximum absolute atomic E-state index is 11.0. The zero-order valence-corrected chi connectivity index (χ0v) is 26.5. The van der Waals surface area contributed by atoms with Crippen LogP contribution in [0.3, 0.4) is 0 Å². The molecule has 0 atom stereocenters. The molecule has 0 saturated heterocycles. The van der Waals surface area contributed by atoms with Gasteiger partial charge in [-0.3, -0.25) is 0 Å². The first-order valence-corrected chi connectivity index (χ1v) is 15.5. The number of pyridine rings is 2. The summed E-state index contributed by atoms with van der Waals surface area (Å²) < 4.78 is 0. The minimum Gasteiger partial charge on any atom is -0.507 e. The van der Waals surface area contributed by atoms with Crippen molar-refractivity contribution >= 4 is 11.8 Å². The van der Waals surface area contributed by atoms with Crippen LogP contribution in [0.4, 0.5) is 0 Å². The lowest BCUT2D eigenvalue weighted by atomic mass is 9.85. The van der Waals surface area contributed by atoms with Crippen LogP contribution < -0.4 is 0 Å². The molecule has 0 amide bonds. The monoisotopic (exact) mass is 572 g/mol. The first-order chi connectivity index (χ1) is 20.0. The number of rotatable bonds is 7. The molecule has 4 heteroatoms. The molecule has 5 rings (SSSR count). The van der Waals surface area contributed by atoms with Gasteiger partial charge >= 0.3 is 0 Å². The summed E-state index contributed by atoms with van der Waals surface area (Å²) >= 11 is 1.66. The van der Waals surface area contributed by atoms with Gasteiger partial charge in [0.1, 0.15) is 10.8 Å². The van der Waals surface area contributed by atoms with Gasteiger partial charge in [-0.25, -0.2) is 9.97 Å². The lowest BCUT2D eigenvalue weighted by molar-refractivity contribution is 0.477. The standard InChI is InChI=1S/C38H40N2OS/c1-24(2)26-18-27(25(3)4)20-28(19-26)32-15-16-34(40-37(32)33-12-8-9-13-35(33)41)29-21-30(38(5,6)7)23-31(22-29)42-36-14-10-11-17-39-36/h8-25,41H,1-7H3. The van der Waals surface area contributed by atoms with Crippen molar-refractivity contribution in [2.45, 2.75) is 75.6 Å². The molecule has 1 N–H and O–H groups in total. The van der Waals surface area contributed by atoms with Crippen LogP contribution in [0.1, 0.15) is 77.0 Å². The Morgan fingerprint density at radius 2 is 1.38 bits per heavy atom. The van der Waals surface area contributed by atoms with E-state index in [-0.39, 0.29) is 11.2 Å². The van der Waals surface area contributed by atoms with E-state index < -0.39 is 0 Å². The fourth-order valence-corrected chi connectivity index (χ4v) is 5.87. The molecule has 3 aromatic carbocycles. The van der Waals surface area contributed by atoms with Gasteiger partial charge in [0.15, 0.2) is 0 Å². The van der Waals surface area contributed by atoms with Crippen molar-refractivity contribution in [1.82, 2.24) is 9.97 Å². The number of aromatic nitrogens is 2. The van der Waals surface area contributed by atoms with Gasteiger partial charge in [-0.15, -0.1) is 0 Å². The molecule has 42 heavy (non-hydrogen) atoms. The van der Waals surface area contributed by atoms with Crippen molar-refractivity contribution in [3.05, 3.63) is 114 Å². The molecular formula is C38H40N2OS. The highest BCUT2D eigenvalue weighted by molar-refractivity contribution is 7.99. The Balaban J connectivity index is 1.72. The Kier molecular flexibility index (Phi) is 8.56. The number of phenolic OH excluding ortho intramolecular Hbond substituents is 1. The fraction of sp³-hybridized carbons (Fsp3) is 0.263. The number of aromatic hydroxyl groups is 1. The normalized spacial score (nSPS) is 11.8. The van der Waals surface area contributed by atoms with E-state index in [0.717, 1.165) is 43.6 Å². The topological polar surface area (TPSA) is 46.0 Å². The average molecular weight is 573 g/mol. The summed E-state index contributed by atoms with van der Waals surface area (Å²) in [6.45, 7) is 15.6. The van der Waals surface area contributed by atoms with E-state index in [1.54, 1.807) is 17.8 Å². The number of benzene rings is 3. The third-order valence-electron chi connectivity index (χ3n) is 7.60. The second kappa shape index (κ2) is 12.1. The highest BCUT2D eigenvalue weighted by Crippen LogP contribution is 2.40. The highest BCUT2D eigenvalue weighted by atomic mass is 32.2. The molecule has 0 aliphatic rings. The number of nitrogens with zero attached hydrogens (tertiary/aromatic N) is 2. The number of hydrogen-bond acceptors (Lipinski definition) is 4. The molecule has 0 radical (unpaired) electrons. The second-order valence-electron chi connectivity index (χ2n) is 12.6. The van der Waals surface area contributed by atoms with Crippen LogP contribution >= 0.6 is 11.8 Å². The Morgan fingerprint density at radius 3 is 2.00 bits per heavy atom. The molecule has 0 unspecified atom stereocenters. The van der Waals surface area contributed by atoms with E-state index in [1.165, 1.54) is 16.7 Å². The SMILES string of the molecule is CC(C)c1cc(-c2ccc(-c3cc(Sc4ccccn4)cc(C(C)(C)C)c3)nc2-c2ccccc2O)cc(C(C)C)c1. The quantitative estimate of drug-likeness (QED) is 0.211. The molecule has 0 spiro atoms. The number of hydrogen-bond donors (Lipinski definition) is 1. The number of para-hydroxylation sites is 1. The predicted octanol–water partition coefficient (Wildman–Crippen LogP) is 10.9. The van der Waals surface area contributed by atoms with E-state index in [0.29, 0.717) is 11.8 Å². The van der Waals surface area contributed by atoms with Gasteiger partial charge in [0.2, 0.25) is 0 Å². The summed E-state index contributed by atoms with van der Waals surface area (Å²) in [7, 11) is 0. The van der Waals surface area contributed by atoms with Crippen LogP contribution in [-0.4, -0.2) is 15.1 Å². The molecule has 2 heterocycles. The summed E-state index contributed by atoms with van der Waals surface area (Å²) in [5, 5.41) is 11.9. The van der Waals surface area contributed by atoms with Crippen LogP contribution in [0, 0.1) is 0 Å². The van der Waals surface area contributed by atoms with Crippen molar-refractivity contribution in [2.24, 2.45) is 0 Å². The van der Waals surface area contributed by atoms with Gasteiger partial charge in [-0.1, -0.05) is 103 Å². The molecule has 0 bridgehead atoms. The summed E-state index contributed by atoms with van der Waals surface area (Å²) in [5.41, 5.74) is 9.36. The largest absolute Gasteiger partial charge is 0.507 e. The first kappa shape index (κ1) is 29.6. The maximum atomic E-state index is 11.0. The van der Waals surface area contributed by atoms with Gasteiger partial charge in [-0.2, -0.15) is 0 Å². The molecule has 0 aliphatic heterocycles. The summed E-state index contributed by atoms with van der Waals surface area (Å²) in [6, 6.07) is 31.3. The lowest BCUT2D eigenvalue weighted by Gasteiger charge is -2.22. The minimum atomic E-state index is -0.0412. The summed E-state index contributed by atoms with van der Waals surface area (Å²) in [6.07, 6.45) is 1.83. The predicted molar refractivity (Wildman–Crippen MR) is 177 cm³/mol. The average Bonchev–Trinajstić information content (AvgIpc) is 2.97. The van der Waals surface area contributed by atoms with E-state index >= 15 is 0 Å². The van der Waals surface area contributed by atoms with Crippen LogP contribution in [0.15, 0.2) is 107 Å². The van der Waals surface area contributed by atoms with Crippen molar-refractivity contribution in [1.29, 1.82) is 0 Å². The van der Waals surface area contributed by atoms with E-state index in [9.17, 15) is 5.11 Å².